The average Bonchev–Trinajstić information content (AvgIpc) is 2.51. The first-order chi connectivity index (χ1) is 6.22. The second-order valence-electron chi connectivity index (χ2n) is 2.89. The van der Waals surface area contributed by atoms with Gasteiger partial charge in [0, 0.05) is 19.1 Å². The van der Waals surface area contributed by atoms with E-state index >= 15 is 0 Å². The number of nitrogens with one attached hydrogen (secondary N) is 1. The van der Waals surface area contributed by atoms with Crippen LogP contribution in [0.15, 0.2) is 17.4 Å². The fraction of sp³-hybridized carbons (Fsp3) is 0.500. The van der Waals surface area contributed by atoms with Gasteiger partial charge in [0.1, 0.15) is 6.33 Å². The Morgan fingerprint density at radius 1 is 1.77 bits per heavy atom. The Bertz CT molecular complexity index is 292. The SMILES string of the molecule is CC(=CCl)CNCc1ncn(C)n1. The van der Waals surface area contributed by atoms with E-state index in [1.54, 1.807) is 16.5 Å². The summed E-state index contributed by atoms with van der Waals surface area (Å²) < 4.78 is 1.68. The number of halogens is 1. The summed E-state index contributed by atoms with van der Waals surface area (Å²) in [6.07, 6.45) is 1.68. The van der Waals surface area contributed by atoms with Gasteiger partial charge in [-0.25, -0.2) is 4.98 Å². The lowest BCUT2D eigenvalue weighted by Gasteiger charge is -2.00. The van der Waals surface area contributed by atoms with E-state index in [-0.39, 0.29) is 0 Å². The number of nitrogens with zero attached hydrogens (tertiary/aromatic N) is 3. The summed E-state index contributed by atoms with van der Waals surface area (Å²) in [5.74, 6) is 0.796. The van der Waals surface area contributed by atoms with Gasteiger partial charge in [-0.2, -0.15) is 5.10 Å². The first-order valence-corrected chi connectivity index (χ1v) is 4.47. The summed E-state index contributed by atoms with van der Waals surface area (Å²) in [6.45, 7) is 3.40. The monoisotopic (exact) mass is 200 g/mol. The highest BCUT2D eigenvalue weighted by Gasteiger charge is 1.96. The van der Waals surface area contributed by atoms with Gasteiger partial charge in [0.05, 0.1) is 6.54 Å². The minimum absolute atomic E-state index is 0.670. The molecule has 0 radical (unpaired) electrons. The number of rotatable bonds is 4. The maximum Gasteiger partial charge on any atom is 0.164 e. The van der Waals surface area contributed by atoms with Gasteiger partial charge in [-0.15, -0.1) is 0 Å². The summed E-state index contributed by atoms with van der Waals surface area (Å²) in [5, 5.41) is 7.30. The van der Waals surface area contributed by atoms with Crippen molar-refractivity contribution in [3.63, 3.8) is 0 Å². The smallest absolute Gasteiger partial charge is 0.164 e. The van der Waals surface area contributed by atoms with Crippen molar-refractivity contribution in [2.75, 3.05) is 6.54 Å². The zero-order valence-corrected chi connectivity index (χ0v) is 8.54. The zero-order valence-electron chi connectivity index (χ0n) is 7.79. The van der Waals surface area contributed by atoms with Gasteiger partial charge in [0.2, 0.25) is 0 Å². The van der Waals surface area contributed by atoms with Gasteiger partial charge in [-0.3, -0.25) is 4.68 Å². The third-order valence-electron chi connectivity index (χ3n) is 1.52. The van der Waals surface area contributed by atoms with Crippen molar-refractivity contribution in [2.45, 2.75) is 13.5 Å². The van der Waals surface area contributed by atoms with Gasteiger partial charge >= 0.3 is 0 Å². The molecule has 1 aromatic rings. The van der Waals surface area contributed by atoms with E-state index in [0.29, 0.717) is 6.54 Å². The molecule has 0 spiro atoms. The predicted octanol–water partition coefficient (Wildman–Crippen LogP) is 1.05. The largest absolute Gasteiger partial charge is 0.306 e. The maximum atomic E-state index is 5.50. The molecule has 1 N–H and O–H groups in total. The molecule has 0 aliphatic carbocycles. The van der Waals surface area contributed by atoms with Crippen molar-refractivity contribution in [2.24, 2.45) is 7.05 Å². The molecule has 0 amide bonds. The van der Waals surface area contributed by atoms with Gasteiger partial charge in [-0.1, -0.05) is 11.6 Å². The Morgan fingerprint density at radius 2 is 2.54 bits per heavy atom. The lowest BCUT2D eigenvalue weighted by atomic mass is 10.3. The summed E-state index contributed by atoms with van der Waals surface area (Å²) >= 11 is 5.50. The van der Waals surface area contributed by atoms with Crippen molar-refractivity contribution < 1.29 is 0 Å². The molecule has 5 heteroatoms. The standard InChI is InChI=1S/C8H13ClN4/c1-7(3-9)4-10-5-8-11-6-13(2)12-8/h3,6,10H,4-5H2,1-2H3. The fourth-order valence-electron chi connectivity index (χ4n) is 0.875. The van der Waals surface area contributed by atoms with E-state index in [1.807, 2.05) is 14.0 Å². The zero-order chi connectivity index (χ0) is 9.68. The summed E-state index contributed by atoms with van der Waals surface area (Å²) in [4.78, 5) is 4.08. The summed E-state index contributed by atoms with van der Waals surface area (Å²) in [5.41, 5.74) is 2.66. The molecule has 0 aliphatic heterocycles. The highest BCUT2D eigenvalue weighted by atomic mass is 35.5. The van der Waals surface area contributed by atoms with Crippen LogP contribution in [-0.4, -0.2) is 21.3 Å². The third-order valence-corrected chi connectivity index (χ3v) is 1.89. The first-order valence-electron chi connectivity index (χ1n) is 4.03. The molecular weight excluding hydrogens is 188 g/mol. The van der Waals surface area contributed by atoms with E-state index in [2.05, 4.69) is 15.4 Å². The summed E-state index contributed by atoms with van der Waals surface area (Å²) in [6, 6.07) is 0. The molecule has 0 fully saturated rings. The lowest BCUT2D eigenvalue weighted by molar-refractivity contribution is 0.678. The molecule has 0 aromatic carbocycles. The Labute approximate surface area is 82.6 Å². The van der Waals surface area contributed by atoms with Crippen molar-refractivity contribution in [3.05, 3.63) is 23.3 Å². The van der Waals surface area contributed by atoms with Crippen LogP contribution in [0.5, 0.6) is 0 Å². The van der Waals surface area contributed by atoms with Crippen LogP contribution in [0.4, 0.5) is 0 Å². The van der Waals surface area contributed by atoms with Gasteiger partial charge in [-0.05, 0) is 12.5 Å². The number of hydrogen-bond donors (Lipinski definition) is 1. The molecule has 0 atom stereocenters. The molecule has 1 aromatic heterocycles. The minimum Gasteiger partial charge on any atom is -0.306 e. The van der Waals surface area contributed by atoms with Gasteiger partial charge in [0.25, 0.3) is 0 Å². The first kappa shape index (κ1) is 10.2. The molecule has 4 nitrogen and oxygen atoms in total. The predicted molar refractivity (Wildman–Crippen MR) is 52.3 cm³/mol. The third kappa shape index (κ3) is 3.57. The van der Waals surface area contributed by atoms with Crippen molar-refractivity contribution in [1.82, 2.24) is 20.1 Å². The average molecular weight is 201 g/mol. The van der Waals surface area contributed by atoms with Crippen LogP contribution < -0.4 is 5.32 Å². The van der Waals surface area contributed by atoms with Crippen molar-refractivity contribution >= 4 is 11.6 Å². The highest BCUT2D eigenvalue weighted by molar-refractivity contribution is 6.25. The molecule has 0 bridgehead atoms. The Hall–Kier alpha value is -0.870. The van der Waals surface area contributed by atoms with Crippen LogP contribution in [-0.2, 0) is 13.6 Å². The second-order valence-corrected chi connectivity index (χ2v) is 3.11. The molecule has 0 unspecified atom stereocenters. The summed E-state index contributed by atoms with van der Waals surface area (Å²) in [7, 11) is 1.85. The van der Waals surface area contributed by atoms with E-state index < -0.39 is 0 Å². The fourth-order valence-corrected chi connectivity index (χ4v) is 0.952. The van der Waals surface area contributed by atoms with Crippen molar-refractivity contribution in [1.29, 1.82) is 0 Å². The molecule has 0 saturated heterocycles. The van der Waals surface area contributed by atoms with E-state index in [9.17, 15) is 0 Å². The number of aryl methyl sites for hydroxylation is 1. The van der Waals surface area contributed by atoms with Crippen LogP contribution >= 0.6 is 11.6 Å². The molecule has 0 saturated carbocycles. The topological polar surface area (TPSA) is 42.7 Å². The van der Waals surface area contributed by atoms with Gasteiger partial charge < -0.3 is 5.32 Å². The maximum absolute atomic E-state index is 5.50. The van der Waals surface area contributed by atoms with Crippen LogP contribution in [0.3, 0.4) is 0 Å². The van der Waals surface area contributed by atoms with Crippen LogP contribution in [0.2, 0.25) is 0 Å². The van der Waals surface area contributed by atoms with Crippen LogP contribution in [0.1, 0.15) is 12.7 Å². The Balaban J connectivity index is 2.28. The van der Waals surface area contributed by atoms with E-state index in [1.165, 1.54) is 0 Å². The molecule has 72 valence electrons. The molecular formula is C8H13ClN4. The Kier molecular flexibility index (Phi) is 3.92. The lowest BCUT2D eigenvalue weighted by Crippen LogP contribution is -2.16. The molecule has 1 rings (SSSR count). The molecule has 1 heterocycles. The van der Waals surface area contributed by atoms with E-state index in [4.69, 9.17) is 11.6 Å². The Morgan fingerprint density at radius 3 is 3.08 bits per heavy atom. The number of hydrogen-bond acceptors (Lipinski definition) is 3. The van der Waals surface area contributed by atoms with Crippen LogP contribution in [0.25, 0.3) is 0 Å². The second kappa shape index (κ2) is 4.99. The van der Waals surface area contributed by atoms with E-state index in [0.717, 1.165) is 17.9 Å². The van der Waals surface area contributed by atoms with Crippen LogP contribution in [0, 0.1) is 0 Å². The number of aromatic nitrogens is 3. The van der Waals surface area contributed by atoms with Crippen molar-refractivity contribution in [3.8, 4) is 0 Å². The quantitative estimate of drug-likeness (QED) is 0.790. The molecule has 0 aliphatic rings. The highest BCUT2D eigenvalue weighted by Crippen LogP contribution is 1.93. The normalized spacial score (nSPS) is 12.1. The molecule has 13 heavy (non-hydrogen) atoms. The minimum atomic E-state index is 0.670. The van der Waals surface area contributed by atoms with Gasteiger partial charge in [0.15, 0.2) is 5.82 Å².